The highest BCUT2D eigenvalue weighted by Crippen LogP contribution is 2.31. The molecule has 0 bridgehead atoms. The first-order valence-electron chi connectivity index (χ1n) is 8.27. The second-order valence-corrected chi connectivity index (χ2v) is 6.37. The average molecular weight is 388 g/mol. The summed E-state index contributed by atoms with van der Waals surface area (Å²) in [5.41, 5.74) is 1.27. The van der Waals surface area contributed by atoms with E-state index in [1.165, 1.54) is 12.1 Å². The number of aromatic nitrogens is 2. The molecule has 2 heterocycles. The van der Waals surface area contributed by atoms with Crippen molar-refractivity contribution in [2.24, 2.45) is 0 Å². The molecule has 4 rings (SSSR count). The van der Waals surface area contributed by atoms with Gasteiger partial charge in [-0.25, -0.2) is 4.39 Å². The van der Waals surface area contributed by atoms with Gasteiger partial charge in [-0.3, -0.25) is 9.48 Å². The van der Waals surface area contributed by atoms with Crippen molar-refractivity contribution >= 4 is 23.3 Å². The van der Waals surface area contributed by atoms with E-state index in [9.17, 15) is 9.18 Å². The van der Waals surface area contributed by atoms with E-state index in [0.29, 0.717) is 41.8 Å². The summed E-state index contributed by atoms with van der Waals surface area (Å²) in [5, 5.41) is 7.28. The highest BCUT2D eigenvalue weighted by molar-refractivity contribution is 6.33. The zero-order chi connectivity index (χ0) is 18.8. The quantitative estimate of drug-likeness (QED) is 0.740. The summed E-state index contributed by atoms with van der Waals surface area (Å²) in [4.78, 5) is 12.5. The van der Waals surface area contributed by atoms with Gasteiger partial charge >= 0.3 is 0 Å². The zero-order valence-corrected chi connectivity index (χ0v) is 14.9. The molecular formula is C19H15ClFN3O3. The van der Waals surface area contributed by atoms with E-state index in [0.717, 1.165) is 5.56 Å². The van der Waals surface area contributed by atoms with Gasteiger partial charge in [0.2, 0.25) is 0 Å². The highest BCUT2D eigenvalue weighted by Gasteiger charge is 2.17. The maximum atomic E-state index is 13.0. The number of carbonyl (C=O) groups is 1. The Kier molecular flexibility index (Phi) is 4.68. The van der Waals surface area contributed by atoms with Crippen LogP contribution >= 0.6 is 11.6 Å². The first-order valence-corrected chi connectivity index (χ1v) is 8.65. The molecule has 27 heavy (non-hydrogen) atoms. The van der Waals surface area contributed by atoms with Crippen LogP contribution in [-0.2, 0) is 6.54 Å². The van der Waals surface area contributed by atoms with Crippen molar-refractivity contribution in [3.05, 3.63) is 70.6 Å². The summed E-state index contributed by atoms with van der Waals surface area (Å²) in [6.07, 6.45) is 1.60. The van der Waals surface area contributed by atoms with Crippen LogP contribution in [0.4, 0.5) is 10.2 Å². The van der Waals surface area contributed by atoms with Crippen LogP contribution in [0.25, 0.3) is 0 Å². The van der Waals surface area contributed by atoms with Crippen LogP contribution in [0.5, 0.6) is 11.5 Å². The summed E-state index contributed by atoms with van der Waals surface area (Å²) in [7, 11) is 0. The molecule has 0 fully saturated rings. The van der Waals surface area contributed by atoms with Crippen LogP contribution in [0.15, 0.2) is 48.7 Å². The van der Waals surface area contributed by atoms with Crippen molar-refractivity contribution in [1.82, 2.24) is 9.78 Å². The van der Waals surface area contributed by atoms with Crippen molar-refractivity contribution in [3.8, 4) is 11.5 Å². The van der Waals surface area contributed by atoms with Crippen LogP contribution in [0.2, 0.25) is 5.02 Å². The van der Waals surface area contributed by atoms with E-state index < -0.39 is 0 Å². The van der Waals surface area contributed by atoms with Crippen LogP contribution in [0.3, 0.4) is 0 Å². The average Bonchev–Trinajstić information content (AvgIpc) is 3.02. The highest BCUT2D eigenvalue weighted by atomic mass is 35.5. The first kappa shape index (κ1) is 17.4. The number of halogens is 2. The Hall–Kier alpha value is -3.06. The molecule has 0 saturated heterocycles. The molecular weight excluding hydrogens is 373 g/mol. The number of nitrogens with zero attached hydrogens (tertiary/aromatic N) is 2. The smallest absolute Gasteiger partial charge is 0.257 e. The molecule has 1 aliphatic heterocycles. The van der Waals surface area contributed by atoms with E-state index in [2.05, 4.69) is 10.4 Å². The topological polar surface area (TPSA) is 65.4 Å². The lowest BCUT2D eigenvalue weighted by molar-refractivity contribution is 0.102. The maximum absolute atomic E-state index is 13.0. The number of carbonyl (C=O) groups excluding carboxylic acids is 1. The molecule has 8 heteroatoms. The molecule has 1 aromatic heterocycles. The van der Waals surface area contributed by atoms with Gasteiger partial charge in [0, 0.05) is 11.8 Å². The number of amides is 1. The summed E-state index contributed by atoms with van der Waals surface area (Å²) in [6.45, 7) is 1.33. The summed E-state index contributed by atoms with van der Waals surface area (Å²) in [5.74, 6) is 0.727. The monoisotopic (exact) mass is 387 g/mol. The Balaban J connectivity index is 1.48. The number of hydrogen-bond acceptors (Lipinski definition) is 4. The SMILES string of the molecule is O=C(Nc1nn(Cc2ccc(F)cc2)cc1Cl)c1ccc2c(c1)OCCO2. The molecule has 0 unspecified atom stereocenters. The third-order valence-electron chi connectivity index (χ3n) is 4.01. The lowest BCUT2D eigenvalue weighted by Gasteiger charge is -2.18. The lowest BCUT2D eigenvalue weighted by Crippen LogP contribution is -2.17. The maximum Gasteiger partial charge on any atom is 0.257 e. The second-order valence-electron chi connectivity index (χ2n) is 5.96. The van der Waals surface area contributed by atoms with Gasteiger partial charge in [0.15, 0.2) is 17.3 Å². The van der Waals surface area contributed by atoms with Crippen molar-refractivity contribution in [2.45, 2.75) is 6.54 Å². The number of hydrogen-bond donors (Lipinski definition) is 1. The van der Waals surface area contributed by atoms with Gasteiger partial charge in [0.05, 0.1) is 6.54 Å². The summed E-state index contributed by atoms with van der Waals surface area (Å²) in [6, 6.07) is 11.0. The van der Waals surface area contributed by atoms with E-state index in [1.807, 2.05) is 0 Å². The van der Waals surface area contributed by atoms with E-state index in [1.54, 1.807) is 41.2 Å². The molecule has 0 atom stereocenters. The van der Waals surface area contributed by atoms with Crippen LogP contribution in [0, 0.1) is 5.82 Å². The predicted molar refractivity (Wildman–Crippen MR) is 98.1 cm³/mol. The van der Waals surface area contributed by atoms with Crippen molar-refractivity contribution < 1.29 is 18.7 Å². The third kappa shape index (κ3) is 3.88. The van der Waals surface area contributed by atoms with Crippen molar-refractivity contribution in [1.29, 1.82) is 0 Å². The largest absolute Gasteiger partial charge is 0.486 e. The normalized spacial score (nSPS) is 12.7. The van der Waals surface area contributed by atoms with Gasteiger partial charge in [-0.1, -0.05) is 23.7 Å². The van der Waals surface area contributed by atoms with E-state index in [4.69, 9.17) is 21.1 Å². The fourth-order valence-electron chi connectivity index (χ4n) is 2.70. The number of nitrogens with one attached hydrogen (secondary N) is 1. The van der Waals surface area contributed by atoms with Gasteiger partial charge in [-0.05, 0) is 35.9 Å². The van der Waals surface area contributed by atoms with Crippen molar-refractivity contribution in [3.63, 3.8) is 0 Å². The molecule has 0 saturated carbocycles. The first-order chi connectivity index (χ1) is 13.1. The molecule has 0 spiro atoms. The predicted octanol–water partition coefficient (Wildman–Crippen LogP) is 3.75. The molecule has 3 aromatic rings. The molecule has 6 nitrogen and oxygen atoms in total. The zero-order valence-electron chi connectivity index (χ0n) is 14.1. The summed E-state index contributed by atoms with van der Waals surface area (Å²) >= 11 is 6.18. The third-order valence-corrected chi connectivity index (χ3v) is 4.29. The molecule has 1 aliphatic rings. The number of anilines is 1. The minimum atomic E-state index is -0.360. The van der Waals surface area contributed by atoms with Gasteiger partial charge in [0.25, 0.3) is 5.91 Å². The molecule has 0 radical (unpaired) electrons. The second kappa shape index (κ2) is 7.28. The van der Waals surface area contributed by atoms with Crippen LogP contribution in [0.1, 0.15) is 15.9 Å². The summed E-state index contributed by atoms with van der Waals surface area (Å²) < 4.78 is 25.5. The van der Waals surface area contributed by atoms with Gasteiger partial charge in [-0.2, -0.15) is 5.10 Å². The van der Waals surface area contributed by atoms with Gasteiger partial charge in [0.1, 0.15) is 24.1 Å². The van der Waals surface area contributed by atoms with E-state index >= 15 is 0 Å². The minimum Gasteiger partial charge on any atom is -0.486 e. The van der Waals surface area contributed by atoms with Crippen molar-refractivity contribution in [2.75, 3.05) is 18.5 Å². The Morgan fingerprint density at radius 3 is 2.67 bits per heavy atom. The molecule has 2 aromatic carbocycles. The Morgan fingerprint density at radius 2 is 1.89 bits per heavy atom. The molecule has 1 N–H and O–H groups in total. The number of ether oxygens (including phenoxy) is 2. The standard InChI is InChI=1S/C19H15ClFN3O3/c20-15-11-24(10-12-1-4-14(21)5-2-12)23-18(15)22-19(25)13-3-6-16-17(9-13)27-8-7-26-16/h1-6,9,11H,7-8,10H2,(H,22,23,25). The Labute approximate surface area is 159 Å². The lowest BCUT2D eigenvalue weighted by atomic mass is 10.2. The fourth-order valence-corrected chi connectivity index (χ4v) is 2.90. The Bertz CT molecular complexity index is 988. The molecule has 0 aliphatic carbocycles. The van der Waals surface area contributed by atoms with Crippen LogP contribution in [-0.4, -0.2) is 28.9 Å². The Morgan fingerprint density at radius 1 is 1.15 bits per heavy atom. The number of rotatable bonds is 4. The molecule has 1 amide bonds. The number of fused-ring (bicyclic) bond motifs is 1. The fraction of sp³-hybridized carbons (Fsp3) is 0.158. The molecule has 138 valence electrons. The van der Waals surface area contributed by atoms with Gasteiger partial charge < -0.3 is 14.8 Å². The number of benzene rings is 2. The van der Waals surface area contributed by atoms with E-state index in [-0.39, 0.29) is 17.5 Å². The minimum absolute atomic E-state index is 0.249. The van der Waals surface area contributed by atoms with Gasteiger partial charge in [-0.15, -0.1) is 0 Å². The van der Waals surface area contributed by atoms with Crippen LogP contribution < -0.4 is 14.8 Å².